The number of benzene rings is 2. The van der Waals surface area contributed by atoms with Crippen molar-refractivity contribution < 1.29 is 13.9 Å². The van der Waals surface area contributed by atoms with E-state index in [0.717, 1.165) is 38.9 Å². The molecule has 29 heavy (non-hydrogen) atoms. The predicted octanol–water partition coefficient (Wildman–Crippen LogP) is 5.61. The average molecular weight is 403 g/mol. The fourth-order valence-corrected chi connectivity index (χ4v) is 4.14. The van der Waals surface area contributed by atoms with Crippen LogP contribution in [0.3, 0.4) is 0 Å². The fraction of sp³-hybridized carbons (Fsp3) is 0.0909. The van der Waals surface area contributed by atoms with Gasteiger partial charge in [0.15, 0.2) is 10.9 Å². The minimum atomic E-state index is -0.322. The number of aryl methyl sites for hydroxylation is 1. The minimum Gasteiger partial charge on any atom is -0.497 e. The number of furan rings is 1. The first-order valence-corrected chi connectivity index (χ1v) is 9.92. The number of nitrogens with zero attached hydrogens (tertiary/aromatic N) is 1. The van der Waals surface area contributed by atoms with Gasteiger partial charge < -0.3 is 14.1 Å². The average Bonchev–Trinajstić information content (AvgIpc) is 3.45. The standard InChI is InChI=1S/C22H17N3O3S/c1-12-15-9-13(27-2)7-8-19(15)28-20(12)21(26)25-22-24-18(11-29-22)16-10-23-17-6-4-3-5-14(16)17/h3-11,23H,1-2H3,(H,24,25,26). The Balaban J connectivity index is 1.43. The molecule has 2 aromatic carbocycles. The molecule has 1 amide bonds. The minimum absolute atomic E-state index is 0.275. The van der Waals surface area contributed by atoms with E-state index in [-0.39, 0.29) is 11.7 Å². The van der Waals surface area contributed by atoms with E-state index in [1.807, 2.05) is 48.8 Å². The number of H-pyrrole nitrogens is 1. The number of anilines is 1. The van der Waals surface area contributed by atoms with Gasteiger partial charge in [-0.15, -0.1) is 11.3 Å². The molecular formula is C22H17N3O3S. The quantitative estimate of drug-likeness (QED) is 0.409. The van der Waals surface area contributed by atoms with Crippen LogP contribution < -0.4 is 10.1 Å². The highest BCUT2D eigenvalue weighted by atomic mass is 32.1. The Kier molecular flexibility index (Phi) is 4.10. The van der Waals surface area contributed by atoms with E-state index < -0.39 is 0 Å². The second-order valence-corrected chi connectivity index (χ2v) is 7.52. The van der Waals surface area contributed by atoms with E-state index in [1.54, 1.807) is 19.2 Å². The molecule has 0 bridgehead atoms. The third kappa shape index (κ3) is 2.96. The maximum atomic E-state index is 12.8. The lowest BCUT2D eigenvalue weighted by Gasteiger charge is -1.99. The van der Waals surface area contributed by atoms with Gasteiger partial charge in [-0.25, -0.2) is 4.98 Å². The van der Waals surface area contributed by atoms with Crippen molar-refractivity contribution in [3.8, 4) is 17.0 Å². The number of carbonyl (C=O) groups is 1. The Morgan fingerprint density at radius 2 is 2.07 bits per heavy atom. The zero-order valence-corrected chi connectivity index (χ0v) is 16.6. The molecule has 3 aromatic heterocycles. The van der Waals surface area contributed by atoms with Crippen molar-refractivity contribution in [1.82, 2.24) is 9.97 Å². The van der Waals surface area contributed by atoms with Gasteiger partial charge in [-0.3, -0.25) is 10.1 Å². The molecule has 0 fully saturated rings. The molecule has 0 radical (unpaired) electrons. The molecule has 0 unspecified atom stereocenters. The molecule has 2 N–H and O–H groups in total. The topological polar surface area (TPSA) is 80.2 Å². The number of aromatic nitrogens is 2. The highest BCUT2D eigenvalue weighted by Crippen LogP contribution is 2.32. The van der Waals surface area contributed by atoms with Gasteiger partial charge in [0.25, 0.3) is 5.91 Å². The van der Waals surface area contributed by atoms with Gasteiger partial charge in [0.05, 0.1) is 12.8 Å². The van der Waals surface area contributed by atoms with E-state index in [2.05, 4.69) is 15.3 Å². The molecule has 0 aliphatic heterocycles. The van der Waals surface area contributed by atoms with Crippen LogP contribution in [-0.4, -0.2) is 23.0 Å². The number of hydrogen-bond donors (Lipinski definition) is 2. The number of nitrogens with one attached hydrogen (secondary N) is 2. The van der Waals surface area contributed by atoms with Crippen LogP contribution in [0, 0.1) is 6.92 Å². The number of aromatic amines is 1. The van der Waals surface area contributed by atoms with Crippen molar-refractivity contribution in [2.24, 2.45) is 0 Å². The Morgan fingerprint density at radius 3 is 2.93 bits per heavy atom. The van der Waals surface area contributed by atoms with Crippen molar-refractivity contribution in [2.45, 2.75) is 6.92 Å². The van der Waals surface area contributed by atoms with Crippen molar-refractivity contribution in [3.63, 3.8) is 0 Å². The number of para-hydroxylation sites is 1. The molecule has 0 saturated carbocycles. The summed E-state index contributed by atoms with van der Waals surface area (Å²) >= 11 is 1.38. The van der Waals surface area contributed by atoms with E-state index in [0.29, 0.717) is 10.7 Å². The number of hydrogen-bond acceptors (Lipinski definition) is 5. The summed E-state index contributed by atoms with van der Waals surface area (Å²) in [4.78, 5) is 20.6. The molecule has 0 aliphatic rings. The van der Waals surface area contributed by atoms with Gasteiger partial charge in [-0.05, 0) is 31.2 Å². The molecule has 144 valence electrons. The van der Waals surface area contributed by atoms with Crippen LogP contribution in [0.4, 0.5) is 5.13 Å². The normalized spacial score (nSPS) is 11.2. The van der Waals surface area contributed by atoms with Crippen LogP contribution in [0.5, 0.6) is 5.75 Å². The maximum absolute atomic E-state index is 12.8. The third-order valence-corrected chi connectivity index (χ3v) is 5.70. The summed E-state index contributed by atoms with van der Waals surface area (Å²) in [7, 11) is 1.61. The van der Waals surface area contributed by atoms with E-state index in [4.69, 9.17) is 9.15 Å². The number of carbonyl (C=O) groups excluding carboxylic acids is 1. The molecule has 3 heterocycles. The molecule has 0 aliphatic carbocycles. The number of thiazole rings is 1. The summed E-state index contributed by atoms with van der Waals surface area (Å²) in [5.41, 5.74) is 4.28. The molecule has 5 rings (SSSR count). The highest BCUT2D eigenvalue weighted by Gasteiger charge is 2.20. The summed E-state index contributed by atoms with van der Waals surface area (Å²) in [6, 6.07) is 13.5. The SMILES string of the molecule is COc1ccc2oc(C(=O)Nc3nc(-c4c[nH]c5ccccc45)cs3)c(C)c2c1. The third-order valence-electron chi connectivity index (χ3n) is 4.94. The van der Waals surface area contributed by atoms with Gasteiger partial charge >= 0.3 is 0 Å². The zero-order chi connectivity index (χ0) is 20.0. The smallest absolute Gasteiger partial charge is 0.293 e. The van der Waals surface area contributed by atoms with Crippen LogP contribution in [0.1, 0.15) is 16.1 Å². The van der Waals surface area contributed by atoms with Crippen LogP contribution in [-0.2, 0) is 0 Å². The van der Waals surface area contributed by atoms with Crippen molar-refractivity contribution in [3.05, 3.63) is 65.4 Å². The molecule has 0 saturated heterocycles. The van der Waals surface area contributed by atoms with Gasteiger partial charge in [-0.2, -0.15) is 0 Å². The monoisotopic (exact) mass is 403 g/mol. The summed E-state index contributed by atoms with van der Waals surface area (Å²) in [6.07, 6.45) is 1.93. The Bertz CT molecular complexity index is 1360. The largest absolute Gasteiger partial charge is 0.497 e. The zero-order valence-electron chi connectivity index (χ0n) is 15.8. The molecular weight excluding hydrogens is 386 g/mol. The first-order valence-electron chi connectivity index (χ1n) is 9.04. The number of methoxy groups -OCH3 is 1. The number of rotatable bonds is 4. The lowest BCUT2D eigenvalue weighted by Crippen LogP contribution is -2.11. The molecule has 7 heteroatoms. The molecule has 6 nitrogen and oxygen atoms in total. The van der Waals surface area contributed by atoms with Crippen molar-refractivity contribution in [2.75, 3.05) is 12.4 Å². The molecule has 0 atom stereocenters. The van der Waals surface area contributed by atoms with Crippen LogP contribution >= 0.6 is 11.3 Å². The second-order valence-electron chi connectivity index (χ2n) is 6.66. The summed E-state index contributed by atoms with van der Waals surface area (Å²) in [5, 5.41) is 7.26. The first kappa shape index (κ1) is 17.5. The summed E-state index contributed by atoms with van der Waals surface area (Å²) < 4.78 is 11.0. The lowest BCUT2D eigenvalue weighted by atomic mass is 10.1. The highest BCUT2D eigenvalue weighted by molar-refractivity contribution is 7.14. The van der Waals surface area contributed by atoms with Gasteiger partial charge in [-0.1, -0.05) is 18.2 Å². The summed E-state index contributed by atoms with van der Waals surface area (Å²) in [6.45, 7) is 1.86. The number of amides is 1. The second kappa shape index (κ2) is 6.79. The lowest BCUT2D eigenvalue weighted by molar-refractivity contribution is 0.0998. The van der Waals surface area contributed by atoms with Gasteiger partial charge in [0.2, 0.25) is 0 Å². The van der Waals surface area contributed by atoms with E-state index >= 15 is 0 Å². The summed E-state index contributed by atoms with van der Waals surface area (Å²) in [5.74, 6) is 0.672. The van der Waals surface area contributed by atoms with Crippen LogP contribution in [0.2, 0.25) is 0 Å². The van der Waals surface area contributed by atoms with Crippen LogP contribution in [0.25, 0.3) is 33.1 Å². The van der Waals surface area contributed by atoms with Crippen LogP contribution in [0.15, 0.2) is 58.5 Å². The van der Waals surface area contributed by atoms with E-state index in [9.17, 15) is 4.79 Å². The number of ether oxygens (including phenoxy) is 1. The molecule has 5 aromatic rings. The van der Waals surface area contributed by atoms with Crippen molar-refractivity contribution in [1.29, 1.82) is 0 Å². The maximum Gasteiger partial charge on any atom is 0.293 e. The molecule has 0 spiro atoms. The predicted molar refractivity (Wildman–Crippen MR) is 115 cm³/mol. The Labute approximate surface area is 170 Å². The Hall–Kier alpha value is -3.58. The van der Waals surface area contributed by atoms with Gasteiger partial charge in [0.1, 0.15) is 11.3 Å². The Morgan fingerprint density at radius 1 is 1.21 bits per heavy atom. The number of fused-ring (bicyclic) bond motifs is 2. The van der Waals surface area contributed by atoms with E-state index in [1.165, 1.54) is 11.3 Å². The van der Waals surface area contributed by atoms with Crippen molar-refractivity contribution >= 4 is 44.2 Å². The van der Waals surface area contributed by atoms with Gasteiger partial charge in [0, 0.05) is 39.0 Å². The fourth-order valence-electron chi connectivity index (χ4n) is 3.44. The first-order chi connectivity index (χ1) is 14.1.